The van der Waals surface area contributed by atoms with Crippen molar-refractivity contribution in [2.75, 3.05) is 52.6 Å². The minimum Gasteiger partial charge on any atom is -0.507 e. The molecule has 0 aromatic heterocycles. The molecular formula is C48H70N4O4. The van der Waals surface area contributed by atoms with Gasteiger partial charge in [-0.15, -0.1) is 0 Å². The van der Waals surface area contributed by atoms with Gasteiger partial charge in [0.15, 0.2) is 0 Å². The van der Waals surface area contributed by atoms with Crippen molar-refractivity contribution in [1.29, 1.82) is 0 Å². The Morgan fingerprint density at radius 3 is 1.30 bits per heavy atom. The Kier molecular flexibility index (Phi) is 19.4. The quantitative estimate of drug-likeness (QED) is 0.0697. The Balaban J connectivity index is 1.34. The third-order valence-electron chi connectivity index (χ3n) is 11.3. The molecule has 0 bridgehead atoms. The number of ether oxygens (including phenoxy) is 2. The molecule has 0 radical (unpaired) electrons. The van der Waals surface area contributed by atoms with E-state index >= 15 is 0 Å². The minimum absolute atomic E-state index is 0.292. The van der Waals surface area contributed by atoms with Crippen LogP contribution in [0.4, 0.5) is 11.4 Å². The highest BCUT2D eigenvalue weighted by molar-refractivity contribution is 5.90. The van der Waals surface area contributed by atoms with Crippen molar-refractivity contribution in [3.05, 3.63) is 81.9 Å². The number of hydrogen-bond acceptors (Lipinski definition) is 8. The topological polar surface area (TPSA) is 90.1 Å². The van der Waals surface area contributed by atoms with Gasteiger partial charge in [0.25, 0.3) is 0 Å². The second-order valence-electron chi connectivity index (χ2n) is 15.9. The maximum Gasteiger partial charge on any atom is 0.128 e. The summed E-state index contributed by atoms with van der Waals surface area (Å²) in [6, 6.07) is 16.4. The zero-order chi connectivity index (χ0) is 39.2. The van der Waals surface area contributed by atoms with Crippen LogP contribution in [0.25, 0.3) is 0 Å². The van der Waals surface area contributed by atoms with Gasteiger partial charge in [0.05, 0.1) is 37.8 Å². The van der Waals surface area contributed by atoms with Crippen molar-refractivity contribution in [3.8, 4) is 11.5 Å². The zero-order valence-corrected chi connectivity index (χ0v) is 34.7. The van der Waals surface area contributed by atoms with E-state index in [1.807, 2.05) is 24.3 Å². The molecule has 3 aromatic rings. The highest BCUT2D eigenvalue weighted by Crippen LogP contribution is 2.32. The van der Waals surface area contributed by atoms with Crippen molar-refractivity contribution in [2.45, 2.75) is 130 Å². The van der Waals surface area contributed by atoms with Crippen molar-refractivity contribution in [1.82, 2.24) is 9.80 Å². The number of unbranched alkanes of at least 4 members (excludes halogenated alkanes) is 12. The van der Waals surface area contributed by atoms with Crippen LogP contribution in [-0.2, 0) is 35.4 Å². The third-order valence-corrected chi connectivity index (χ3v) is 11.3. The van der Waals surface area contributed by atoms with Gasteiger partial charge in [-0.1, -0.05) is 115 Å². The average molecular weight is 767 g/mol. The normalized spacial score (nSPS) is 15.8. The lowest BCUT2D eigenvalue weighted by atomic mass is 9.99. The van der Waals surface area contributed by atoms with E-state index in [1.165, 1.54) is 88.2 Å². The number of aromatic hydroxyl groups is 2. The number of phenols is 2. The summed E-state index contributed by atoms with van der Waals surface area (Å²) < 4.78 is 11.2. The third kappa shape index (κ3) is 14.7. The van der Waals surface area contributed by atoms with Crippen LogP contribution >= 0.6 is 0 Å². The molecule has 0 spiro atoms. The summed E-state index contributed by atoms with van der Waals surface area (Å²) in [7, 11) is 0. The second kappa shape index (κ2) is 24.9. The van der Waals surface area contributed by atoms with Crippen LogP contribution in [0.15, 0.2) is 58.5 Å². The number of phenolic OH excluding ortho intramolecular Hbond substituents is 2. The number of hydrogen-bond donors (Lipinski definition) is 2. The molecule has 2 fully saturated rings. The summed E-state index contributed by atoms with van der Waals surface area (Å²) in [5.74, 6) is 0.583. The van der Waals surface area contributed by atoms with Gasteiger partial charge in [0.1, 0.15) is 11.5 Å². The van der Waals surface area contributed by atoms with Crippen LogP contribution in [-0.4, -0.2) is 85.0 Å². The maximum absolute atomic E-state index is 11.5. The first-order chi connectivity index (χ1) is 27.5. The van der Waals surface area contributed by atoms with E-state index in [1.54, 1.807) is 12.4 Å². The predicted octanol–water partition coefficient (Wildman–Crippen LogP) is 10.8. The number of rotatable bonds is 24. The Morgan fingerprint density at radius 1 is 0.536 bits per heavy atom. The van der Waals surface area contributed by atoms with Crippen LogP contribution in [0.3, 0.4) is 0 Å². The summed E-state index contributed by atoms with van der Waals surface area (Å²) in [6.45, 7) is 12.3. The first-order valence-electron chi connectivity index (χ1n) is 22.0. The van der Waals surface area contributed by atoms with Gasteiger partial charge in [-0.05, 0) is 61.1 Å². The summed E-state index contributed by atoms with van der Waals surface area (Å²) in [6.07, 6.45) is 23.3. The monoisotopic (exact) mass is 767 g/mol. The molecule has 0 atom stereocenters. The molecule has 3 aromatic carbocycles. The number of nitrogens with zero attached hydrogens (tertiary/aromatic N) is 4. The van der Waals surface area contributed by atoms with E-state index in [9.17, 15) is 10.2 Å². The molecular weight excluding hydrogens is 697 g/mol. The summed E-state index contributed by atoms with van der Waals surface area (Å²) in [5.41, 5.74) is 7.26. The minimum atomic E-state index is 0.292. The summed E-state index contributed by atoms with van der Waals surface area (Å²) in [5, 5.41) is 23.1. The zero-order valence-electron chi connectivity index (χ0n) is 34.7. The van der Waals surface area contributed by atoms with E-state index in [4.69, 9.17) is 19.5 Å². The smallest absolute Gasteiger partial charge is 0.128 e. The number of aliphatic imine (C=N–C) groups is 2. The Labute approximate surface area is 338 Å². The van der Waals surface area contributed by atoms with Gasteiger partial charge in [-0.3, -0.25) is 19.8 Å². The molecule has 8 nitrogen and oxygen atoms in total. The molecule has 2 aliphatic rings. The molecule has 0 saturated carbocycles. The van der Waals surface area contributed by atoms with Crippen molar-refractivity contribution in [3.63, 3.8) is 0 Å². The Morgan fingerprint density at radius 2 is 0.911 bits per heavy atom. The maximum atomic E-state index is 11.5. The molecule has 0 unspecified atom stereocenters. The van der Waals surface area contributed by atoms with Crippen molar-refractivity contribution < 1.29 is 19.7 Å². The highest BCUT2D eigenvalue weighted by atomic mass is 16.5. The molecule has 306 valence electrons. The van der Waals surface area contributed by atoms with Crippen LogP contribution in [0, 0.1) is 0 Å². The van der Waals surface area contributed by atoms with E-state index in [0.29, 0.717) is 36.0 Å². The first-order valence-corrected chi connectivity index (χ1v) is 22.0. The summed E-state index contributed by atoms with van der Waals surface area (Å²) >= 11 is 0. The molecule has 2 N–H and O–H groups in total. The van der Waals surface area contributed by atoms with E-state index in [0.717, 1.165) is 101 Å². The van der Waals surface area contributed by atoms with Gasteiger partial charge in [0, 0.05) is 74.0 Å². The van der Waals surface area contributed by atoms with E-state index in [-0.39, 0.29) is 0 Å². The van der Waals surface area contributed by atoms with Crippen LogP contribution in [0.2, 0.25) is 0 Å². The molecule has 56 heavy (non-hydrogen) atoms. The van der Waals surface area contributed by atoms with Crippen molar-refractivity contribution in [2.24, 2.45) is 9.98 Å². The fourth-order valence-corrected chi connectivity index (χ4v) is 7.83. The number of aryl methyl sites for hydroxylation is 2. The number of morpholine rings is 2. The first kappa shape index (κ1) is 43.6. The van der Waals surface area contributed by atoms with E-state index in [2.05, 4.69) is 47.9 Å². The summed E-state index contributed by atoms with van der Waals surface area (Å²) in [4.78, 5) is 14.5. The van der Waals surface area contributed by atoms with Crippen LogP contribution in [0.5, 0.6) is 11.5 Å². The largest absolute Gasteiger partial charge is 0.507 e. The Hall–Kier alpha value is -3.56. The lowest BCUT2D eigenvalue weighted by Gasteiger charge is -2.27. The molecule has 2 aliphatic heterocycles. The van der Waals surface area contributed by atoms with Gasteiger partial charge >= 0.3 is 0 Å². The fraction of sp³-hybridized carbons (Fsp3) is 0.583. The molecule has 2 saturated heterocycles. The lowest BCUT2D eigenvalue weighted by molar-refractivity contribution is 0.0338. The predicted molar refractivity (Wildman–Crippen MR) is 233 cm³/mol. The Bertz CT molecular complexity index is 1520. The van der Waals surface area contributed by atoms with Crippen molar-refractivity contribution >= 4 is 23.8 Å². The fourth-order valence-electron chi connectivity index (χ4n) is 7.83. The van der Waals surface area contributed by atoms with Gasteiger partial charge in [-0.25, -0.2) is 0 Å². The highest BCUT2D eigenvalue weighted by Gasteiger charge is 2.18. The number of benzene rings is 3. The molecule has 5 rings (SSSR count). The second-order valence-corrected chi connectivity index (χ2v) is 15.9. The number of para-hydroxylation sites is 2. The SMILES string of the molecule is CCCCCCCCCc1cc(C=Nc2ccccc2N=Cc2cc(CCCCCCCCC)cc(CN3CCOCC3)c2O)c(O)c(CN2CCOCC2)c1. The van der Waals surface area contributed by atoms with Crippen LogP contribution in [0.1, 0.15) is 137 Å². The molecule has 2 heterocycles. The molecule has 8 heteroatoms. The molecule has 0 amide bonds. The van der Waals surface area contributed by atoms with Gasteiger partial charge < -0.3 is 19.7 Å². The van der Waals surface area contributed by atoms with Gasteiger partial charge in [0.2, 0.25) is 0 Å². The van der Waals surface area contributed by atoms with Crippen LogP contribution < -0.4 is 0 Å². The molecule has 0 aliphatic carbocycles. The van der Waals surface area contributed by atoms with Gasteiger partial charge in [-0.2, -0.15) is 0 Å². The average Bonchev–Trinajstić information content (AvgIpc) is 3.22. The standard InChI is InChI=1S/C48H70N4O4/c1-3-5-7-9-11-13-15-19-39-31-41(47(53)43(33-39)37-51-23-27-55-28-24-51)35-49-45-21-17-18-22-46(45)50-36-42-32-40(20-16-14-12-10-8-6-4-2)34-44(48(42)54)38-52-25-29-56-30-26-52/h17-18,21-22,31-36,53-54H,3-16,19-20,23-30,37-38H2,1-2H3. The lowest BCUT2D eigenvalue weighted by Crippen LogP contribution is -2.35. The van der Waals surface area contributed by atoms with E-state index < -0.39 is 0 Å².